The number of carbonyl (C=O) groups is 1. The van der Waals surface area contributed by atoms with E-state index in [0.29, 0.717) is 24.5 Å². The van der Waals surface area contributed by atoms with Gasteiger partial charge in [-0.1, -0.05) is 36.8 Å². The molecule has 0 unspecified atom stereocenters. The van der Waals surface area contributed by atoms with Gasteiger partial charge in [-0.15, -0.1) is 0 Å². The third-order valence-corrected chi connectivity index (χ3v) is 3.91. The molecule has 0 heterocycles. The van der Waals surface area contributed by atoms with E-state index in [1.54, 1.807) is 19.2 Å². The number of carbonyl (C=O) groups excluding carboxylic acids is 1. The van der Waals surface area contributed by atoms with Crippen molar-refractivity contribution in [2.75, 3.05) is 13.7 Å². The van der Waals surface area contributed by atoms with Crippen molar-refractivity contribution in [3.63, 3.8) is 0 Å². The van der Waals surface area contributed by atoms with Crippen LogP contribution in [0.25, 0.3) is 0 Å². The molecule has 5 heteroatoms. The maximum atomic E-state index is 12.5. The average molecular weight is 357 g/mol. The minimum Gasteiger partial charge on any atom is -0.493 e. The van der Waals surface area contributed by atoms with E-state index in [9.17, 15) is 4.79 Å². The Balaban J connectivity index is 1.88. The van der Waals surface area contributed by atoms with E-state index in [-0.39, 0.29) is 11.9 Å². The lowest BCUT2D eigenvalue weighted by molar-refractivity contribution is -0.129. The molecule has 1 N–H and O–H groups in total. The molecule has 0 bridgehead atoms. The molecule has 2 aromatic rings. The number of methoxy groups -OCH3 is 1. The summed E-state index contributed by atoms with van der Waals surface area (Å²) in [4.78, 5) is 12.5. The zero-order chi connectivity index (χ0) is 18.9. The summed E-state index contributed by atoms with van der Waals surface area (Å²) in [6.45, 7) is 6.23. The summed E-state index contributed by atoms with van der Waals surface area (Å²) in [6.07, 6.45) is -0.0387. The second kappa shape index (κ2) is 9.70. The maximum absolute atomic E-state index is 12.5. The Labute approximate surface area is 155 Å². The van der Waals surface area contributed by atoms with Crippen LogP contribution >= 0.6 is 0 Å². The topological polar surface area (TPSA) is 56.8 Å². The minimum atomic E-state index is -0.590. The van der Waals surface area contributed by atoms with Crippen molar-refractivity contribution >= 4 is 5.91 Å². The average Bonchev–Trinajstić information content (AvgIpc) is 2.65. The Kier molecular flexibility index (Phi) is 7.33. The molecule has 5 nitrogen and oxygen atoms in total. The zero-order valence-corrected chi connectivity index (χ0v) is 15.8. The van der Waals surface area contributed by atoms with Crippen LogP contribution in [0.5, 0.6) is 17.2 Å². The predicted octanol–water partition coefficient (Wildman–Crippen LogP) is 3.74. The quantitative estimate of drug-likeness (QED) is 0.743. The summed E-state index contributed by atoms with van der Waals surface area (Å²) in [6, 6.07) is 15.0. The van der Waals surface area contributed by atoms with E-state index in [4.69, 9.17) is 14.2 Å². The molecule has 0 saturated heterocycles. The third-order valence-electron chi connectivity index (χ3n) is 3.91. The molecule has 1 amide bonds. The van der Waals surface area contributed by atoms with Crippen LogP contribution in [0.3, 0.4) is 0 Å². The van der Waals surface area contributed by atoms with Crippen molar-refractivity contribution in [1.29, 1.82) is 0 Å². The monoisotopic (exact) mass is 357 g/mol. The first kappa shape index (κ1) is 19.6. The van der Waals surface area contributed by atoms with Gasteiger partial charge in [-0.3, -0.25) is 4.79 Å². The highest BCUT2D eigenvalue weighted by Gasteiger charge is 2.21. The van der Waals surface area contributed by atoms with Crippen molar-refractivity contribution in [2.24, 2.45) is 0 Å². The van der Waals surface area contributed by atoms with Gasteiger partial charge in [0.1, 0.15) is 12.4 Å². The predicted molar refractivity (Wildman–Crippen MR) is 102 cm³/mol. The zero-order valence-electron chi connectivity index (χ0n) is 15.8. The molecule has 0 spiro atoms. The molecule has 0 aliphatic carbocycles. The smallest absolute Gasteiger partial charge is 0.261 e. The fourth-order valence-electron chi connectivity index (χ4n) is 2.42. The van der Waals surface area contributed by atoms with Crippen molar-refractivity contribution in [2.45, 2.75) is 39.3 Å². The summed E-state index contributed by atoms with van der Waals surface area (Å²) in [5.41, 5.74) is 1.18. The highest BCUT2D eigenvalue weighted by molar-refractivity contribution is 5.81. The number of para-hydroxylation sites is 2. The van der Waals surface area contributed by atoms with Gasteiger partial charge in [0.25, 0.3) is 5.91 Å². The first-order valence-electron chi connectivity index (χ1n) is 8.83. The van der Waals surface area contributed by atoms with E-state index < -0.39 is 6.10 Å². The molecule has 2 aromatic carbocycles. The normalized spacial score (nSPS) is 12.8. The van der Waals surface area contributed by atoms with Gasteiger partial charge >= 0.3 is 0 Å². The van der Waals surface area contributed by atoms with Crippen molar-refractivity contribution in [3.8, 4) is 17.2 Å². The molecule has 0 aliphatic heterocycles. The summed E-state index contributed by atoms with van der Waals surface area (Å²) >= 11 is 0. The van der Waals surface area contributed by atoms with Crippen LogP contribution in [0.4, 0.5) is 0 Å². The summed E-state index contributed by atoms with van der Waals surface area (Å²) in [7, 11) is 1.58. The fraction of sp³-hybridized carbons (Fsp3) is 0.381. The highest BCUT2D eigenvalue weighted by atomic mass is 16.5. The number of hydrogen-bond donors (Lipinski definition) is 1. The van der Waals surface area contributed by atoms with Gasteiger partial charge in [0.2, 0.25) is 0 Å². The van der Waals surface area contributed by atoms with Gasteiger partial charge in [0.05, 0.1) is 13.2 Å². The summed E-state index contributed by atoms with van der Waals surface area (Å²) in [5, 5.41) is 2.94. The molecule has 26 heavy (non-hydrogen) atoms. The summed E-state index contributed by atoms with van der Waals surface area (Å²) in [5.74, 6) is 1.78. The van der Waals surface area contributed by atoms with Crippen LogP contribution in [0.1, 0.15) is 25.8 Å². The number of amides is 1. The SMILES string of the molecule is CC[C@@H](Oc1ccccc1OC)C(=O)N[C@@H](C)COc1ccc(C)cc1. The molecular weight excluding hydrogens is 330 g/mol. The van der Waals surface area contributed by atoms with Crippen LogP contribution in [0, 0.1) is 6.92 Å². The number of hydrogen-bond acceptors (Lipinski definition) is 4. The van der Waals surface area contributed by atoms with E-state index in [1.165, 1.54) is 5.56 Å². The Morgan fingerprint density at radius 3 is 2.35 bits per heavy atom. The number of aryl methyl sites for hydroxylation is 1. The second-order valence-electron chi connectivity index (χ2n) is 6.20. The largest absolute Gasteiger partial charge is 0.493 e. The van der Waals surface area contributed by atoms with Crippen LogP contribution < -0.4 is 19.5 Å². The Hall–Kier alpha value is -2.69. The first-order chi connectivity index (χ1) is 12.5. The van der Waals surface area contributed by atoms with E-state index in [0.717, 1.165) is 5.75 Å². The first-order valence-corrected chi connectivity index (χ1v) is 8.83. The Morgan fingerprint density at radius 2 is 1.73 bits per heavy atom. The number of benzene rings is 2. The van der Waals surface area contributed by atoms with Crippen LogP contribution in [-0.2, 0) is 4.79 Å². The number of rotatable bonds is 9. The molecule has 0 fully saturated rings. The second-order valence-corrected chi connectivity index (χ2v) is 6.20. The van der Waals surface area contributed by atoms with E-state index in [1.807, 2.05) is 57.2 Å². The molecule has 0 radical (unpaired) electrons. The molecular formula is C21H27NO4. The van der Waals surface area contributed by atoms with Gasteiger partial charge in [0, 0.05) is 0 Å². The maximum Gasteiger partial charge on any atom is 0.261 e. The van der Waals surface area contributed by atoms with Gasteiger partial charge in [-0.05, 0) is 44.5 Å². The number of ether oxygens (including phenoxy) is 3. The minimum absolute atomic E-state index is 0.140. The third kappa shape index (κ3) is 5.69. The lowest BCUT2D eigenvalue weighted by Gasteiger charge is -2.21. The van der Waals surface area contributed by atoms with Crippen LogP contribution in [-0.4, -0.2) is 31.8 Å². The van der Waals surface area contributed by atoms with Crippen molar-refractivity contribution in [3.05, 3.63) is 54.1 Å². The molecule has 140 valence electrons. The highest BCUT2D eigenvalue weighted by Crippen LogP contribution is 2.27. The van der Waals surface area contributed by atoms with Gasteiger partial charge in [-0.25, -0.2) is 0 Å². The standard InChI is InChI=1S/C21H27NO4/c1-5-18(26-20-9-7-6-8-19(20)24-4)21(23)22-16(3)14-25-17-12-10-15(2)11-13-17/h6-13,16,18H,5,14H2,1-4H3,(H,22,23)/t16-,18+/m0/s1. The fourth-order valence-corrected chi connectivity index (χ4v) is 2.42. The van der Waals surface area contributed by atoms with Gasteiger partial charge in [-0.2, -0.15) is 0 Å². The lowest BCUT2D eigenvalue weighted by atomic mass is 10.2. The van der Waals surface area contributed by atoms with Crippen LogP contribution in [0.15, 0.2) is 48.5 Å². The van der Waals surface area contributed by atoms with Crippen molar-refractivity contribution in [1.82, 2.24) is 5.32 Å². The Bertz CT molecular complexity index is 699. The molecule has 2 rings (SSSR count). The van der Waals surface area contributed by atoms with E-state index >= 15 is 0 Å². The van der Waals surface area contributed by atoms with Gasteiger partial charge in [0.15, 0.2) is 17.6 Å². The van der Waals surface area contributed by atoms with E-state index in [2.05, 4.69) is 5.32 Å². The molecule has 0 aromatic heterocycles. The molecule has 2 atom stereocenters. The van der Waals surface area contributed by atoms with Gasteiger partial charge < -0.3 is 19.5 Å². The summed E-state index contributed by atoms with van der Waals surface area (Å²) < 4.78 is 16.8. The van der Waals surface area contributed by atoms with Crippen LogP contribution in [0.2, 0.25) is 0 Å². The van der Waals surface area contributed by atoms with Crippen molar-refractivity contribution < 1.29 is 19.0 Å². The lowest BCUT2D eigenvalue weighted by Crippen LogP contribution is -2.44. The number of nitrogens with one attached hydrogen (secondary N) is 1. The Morgan fingerprint density at radius 1 is 1.08 bits per heavy atom. The molecule has 0 aliphatic rings. The molecule has 0 saturated carbocycles.